The van der Waals surface area contributed by atoms with Gasteiger partial charge in [-0.2, -0.15) is 0 Å². The molecule has 0 heterocycles. The van der Waals surface area contributed by atoms with Crippen LogP contribution in [0.1, 0.15) is 40.0 Å². The quantitative estimate of drug-likeness (QED) is 0.656. The van der Waals surface area contributed by atoms with Crippen molar-refractivity contribution >= 4 is 11.9 Å². The Morgan fingerprint density at radius 1 is 1.39 bits per heavy atom. The summed E-state index contributed by atoms with van der Waals surface area (Å²) in [5, 5.41) is 2.85. The van der Waals surface area contributed by atoms with E-state index in [1.807, 2.05) is 13.8 Å². The molecule has 5 nitrogen and oxygen atoms in total. The Balaban J connectivity index is 2.30. The molecular formula is C13H24N2O3. The number of esters is 1. The number of ether oxygens (including phenoxy) is 1. The molecule has 0 aromatic rings. The van der Waals surface area contributed by atoms with Gasteiger partial charge >= 0.3 is 5.97 Å². The topological polar surface area (TPSA) is 58.6 Å². The summed E-state index contributed by atoms with van der Waals surface area (Å²) in [6.07, 6.45) is 2.67. The molecule has 0 atom stereocenters. The molecule has 1 N–H and O–H groups in total. The number of carbonyl (C=O) groups excluding carboxylic acids is 2. The molecule has 0 saturated heterocycles. The molecule has 1 amide bonds. The fraction of sp³-hybridized carbons (Fsp3) is 0.846. The summed E-state index contributed by atoms with van der Waals surface area (Å²) in [5.74, 6) is -0.159. The number of amides is 1. The smallest absolute Gasteiger partial charge is 0.320 e. The molecule has 0 radical (unpaired) electrons. The van der Waals surface area contributed by atoms with Crippen molar-refractivity contribution in [3.05, 3.63) is 0 Å². The second-order valence-electron chi connectivity index (χ2n) is 4.98. The Bertz CT molecular complexity index is 288. The van der Waals surface area contributed by atoms with Crippen molar-refractivity contribution in [2.75, 3.05) is 19.7 Å². The summed E-state index contributed by atoms with van der Waals surface area (Å²) in [4.78, 5) is 25.1. The minimum Gasteiger partial charge on any atom is -0.465 e. The van der Waals surface area contributed by atoms with Gasteiger partial charge in [0, 0.05) is 25.0 Å². The van der Waals surface area contributed by atoms with Crippen molar-refractivity contribution in [2.45, 2.75) is 52.1 Å². The van der Waals surface area contributed by atoms with E-state index in [4.69, 9.17) is 4.74 Å². The van der Waals surface area contributed by atoms with E-state index < -0.39 is 0 Å². The van der Waals surface area contributed by atoms with E-state index in [0.717, 1.165) is 12.8 Å². The fourth-order valence-corrected chi connectivity index (χ4v) is 1.84. The first-order valence-corrected chi connectivity index (χ1v) is 6.72. The average Bonchev–Trinajstić information content (AvgIpc) is 3.07. The van der Waals surface area contributed by atoms with Crippen molar-refractivity contribution < 1.29 is 14.3 Å². The van der Waals surface area contributed by atoms with Crippen LogP contribution in [0.4, 0.5) is 0 Å². The Kier molecular flexibility index (Phi) is 6.12. The van der Waals surface area contributed by atoms with Crippen LogP contribution >= 0.6 is 0 Å². The van der Waals surface area contributed by atoms with Gasteiger partial charge < -0.3 is 10.1 Å². The van der Waals surface area contributed by atoms with Gasteiger partial charge in [-0.15, -0.1) is 0 Å². The molecule has 1 rings (SSSR count). The second-order valence-corrected chi connectivity index (χ2v) is 4.98. The van der Waals surface area contributed by atoms with Crippen LogP contribution in [0, 0.1) is 0 Å². The summed E-state index contributed by atoms with van der Waals surface area (Å²) in [6.45, 7) is 7.01. The molecule has 1 aliphatic carbocycles. The van der Waals surface area contributed by atoms with Crippen LogP contribution in [-0.2, 0) is 14.3 Å². The lowest BCUT2D eigenvalue weighted by Gasteiger charge is -2.20. The molecular weight excluding hydrogens is 232 g/mol. The number of carbonyl (C=O) groups is 2. The largest absolute Gasteiger partial charge is 0.465 e. The maximum Gasteiger partial charge on any atom is 0.320 e. The van der Waals surface area contributed by atoms with E-state index in [9.17, 15) is 9.59 Å². The first-order chi connectivity index (χ1) is 8.52. The van der Waals surface area contributed by atoms with Crippen LogP contribution in [0.2, 0.25) is 0 Å². The Morgan fingerprint density at radius 2 is 2.06 bits per heavy atom. The summed E-state index contributed by atoms with van der Waals surface area (Å²) < 4.78 is 4.94. The van der Waals surface area contributed by atoms with Gasteiger partial charge in [-0.05, 0) is 33.6 Å². The van der Waals surface area contributed by atoms with Crippen molar-refractivity contribution in [2.24, 2.45) is 0 Å². The highest BCUT2D eigenvalue weighted by molar-refractivity contribution is 5.76. The lowest BCUT2D eigenvalue weighted by Crippen LogP contribution is -2.37. The van der Waals surface area contributed by atoms with Crippen LogP contribution in [0.15, 0.2) is 0 Å². The lowest BCUT2D eigenvalue weighted by atomic mass is 10.3. The standard InChI is InChI=1S/C13H24N2O3/c1-4-18-13(17)9-15(11-5-6-11)8-7-12(16)14-10(2)3/h10-11H,4-9H2,1-3H3,(H,14,16). The minimum atomic E-state index is -0.200. The molecule has 0 unspecified atom stereocenters. The highest BCUT2D eigenvalue weighted by atomic mass is 16.5. The molecule has 0 aromatic carbocycles. The van der Waals surface area contributed by atoms with E-state index in [2.05, 4.69) is 10.2 Å². The van der Waals surface area contributed by atoms with Crippen LogP contribution < -0.4 is 5.32 Å². The van der Waals surface area contributed by atoms with Crippen molar-refractivity contribution in [1.29, 1.82) is 0 Å². The molecule has 0 spiro atoms. The van der Waals surface area contributed by atoms with Gasteiger partial charge in [0.1, 0.15) is 0 Å². The molecule has 1 aliphatic rings. The number of rotatable bonds is 8. The maximum absolute atomic E-state index is 11.6. The summed E-state index contributed by atoms with van der Waals surface area (Å²) in [7, 11) is 0. The Hall–Kier alpha value is -1.10. The van der Waals surface area contributed by atoms with Crippen LogP contribution in [0.5, 0.6) is 0 Å². The second kappa shape index (κ2) is 7.36. The predicted octanol–water partition coefficient (Wildman–Crippen LogP) is 0.929. The first kappa shape index (κ1) is 15.0. The summed E-state index contributed by atoms with van der Waals surface area (Å²) in [5.41, 5.74) is 0. The number of nitrogens with one attached hydrogen (secondary N) is 1. The number of hydrogen-bond donors (Lipinski definition) is 1. The van der Waals surface area contributed by atoms with Gasteiger partial charge in [0.2, 0.25) is 5.91 Å². The molecule has 1 saturated carbocycles. The third kappa shape index (κ3) is 6.00. The van der Waals surface area contributed by atoms with Gasteiger partial charge in [-0.1, -0.05) is 0 Å². The van der Waals surface area contributed by atoms with E-state index in [1.165, 1.54) is 0 Å². The fourth-order valence-electron chi connectivity index (χ4n) is 1.84. The molecule has 0 aromatic heterocycles. The zero-order chi connectivity index (χ0) is 13.5. The number of hydrogen-bond acceptors (Lipinski definition) is 4. The van der Waals surface area contributed by atoms with Gasteiger partial charge in [-0.25, -0.2) is 0 Å². The predicted molar refractivity (Wildman–Crippen MR) is 69.1 cm³/mol. The normalized spacial score (nSPS) is 14.9. The third-order valence-electron chi connectivity index (χ3n) is 2.78. The number of nitrogens with zero attached hydrogens (tertiary/aromatic N) is 1. The summed E-state index contributed by atoms with van der Waals surface area (Å²) >= 11 is 0. The van der Waals surface area contributed by atoms with E-state index >= 15 is 0 Å². The Morgan fingerprint density at radius 3 is 2.56 bits per heavy atom. The SMILES string of the molecule is CCOC(=O)CN(CCC(=O)NC(C)C)C1CC1. The van der Waals surface area contributed by atoms with E-state index in [-0.39, 0.29) is 17.9 Å². The first-order valence-electron chi connectivity index (χ1n) is 6.72. The monoisotopic (exact) mass is 256 g/mol. The van der Waals surface area contributed by atoms with E-state index in [1.54, 1.807) is 6.92 Å². The highest BCUT2D eigenvalue weighted by Crippen LogP contribution is 2.26. The Labute approximate surface area is 109 Å². The molecule has 5 heteroatoms. The summed E-state index contributed by atoms with van der Waals surface area (Å²) in [6, 6.07) is 0.623. The van der Waals surface area contributed by atoms with Gasteiger partial charge in [-0.3, -0.25) is 14.5 Å². The molecule has 18 heavy (non-hydrogen) atoms. The maximum atomic E-state index is 11.6. The van der Waals surface area contributed by atoms with Crippen molar-refractivity contribution in [3.8, 4) is 0 Å². The van der Waals surface area contributed by atoms with Gasteiger partial charge in [0.05, 0.1) is 13.2 Å². The van der Waals surface area contributed by atoms with Gasteiger partial charge in [0.15, 0.2) is 0 Å². The minimum absolute atomic E-state index is 0.0412. The van der Waals surface area contributed by atoms with Crippen LogP contribution in [0.3, 0.4) is 0 Å². The van der Waals surface area contributed by atoms with Crippen molar-refractivity contribution in [3.63, 3.8) is 0 Å². The van der Waals surface area contributed by atoms with Gasteiger partial charge in [0.25, 0.3) is 0 Å². The zero-order valence-electron chi connectivity index (χ0n) is 11.6. The molecule has 104 valence electrons. The molecule has 0 aliphatic heterocycles. The lowest BCUT2D eigenvalue weighted by molar-refractivity contribution is -0.144. The average molecular weight is 256 g/mol. The van der Waals surface area contributed by atoms with Crippen LogP contribution in [0.25, 0.3) is 0 Å². The van der Waals surface area contributed by atoms with E-state index in [0.29, 0.717) is 32.2 Å². The van der Waals surface area contributed by atoms with Crippen LogP contribution in [-0.4, -0.2) is 48.6 Å². The van der Waals surface area contributed by atoms with Crippen molar-refractivity contribution in [1.82, 2.24) is 10.2 Å². The third-order valence-corrected chi connectivity index (χ3v) is 2.78. The highest BCUT2D eigenvalue weighted by Gasteiger charge is 2.30. The zero-order valence-corrected chi connectivity index (χ0v) is 11.6. The molecule has 0 bridgehead atoms. The molecule has 1 fully saturated rings.